The molecule has 1 aromatic rings. The van der Waals surface area contributed by atoms with Gasteiger partial charge in [-0.3, -0.25) is 4.79 Å². The molecule has 1 fully saturated rings. The topological polar surface area (TPSA) is 20.3 Å². The molecule has 2 rings (SSSR count). The highest BCUT2D eigenvalue weighted by Gasteiger charge is 2.30. The number of benzene rings is 1. The van der Waals surface area contributed by atoms with E-state index in [2.05, 4.69) is 15.9 Å². The molecule has 0 spiro atoms. The summed E-state index contributed by atoms with van der Waals surface area (Å²) in [5, 5.41) is 0. The molecule has 2 unspecified atom stereocenters. The van der Waals surface area contributed by atoms with E-state index in [4.69, 9.17) is 0 Å². The summed E-state index contributed by atoms with van der Waals surface area (Å²) in [4.78, 5) is 14.0. The summed E-state index contributed by atoms with van der Waals surface area (Å²) in [6, 6.07) is 3.72. The summed E-state index contributed by atoms with van der Waals surface area (Å²) >= 11 is 3.57. The average molecular weight is 332 g/mol. The van der Waals surface area contributed by atoms with E-state index in [0.29, 0.717) is 0 Å². The van der Waals surface area contributed by atoms with Gasteiger partial charge < -0.3 is 4.90 Å². The third-order valence-electron chi connectivity index (χ3n) is 3.65. The first kappa shape index (κ1) is 14.4. The molecule has 1 amide bonds. The van der Waals surface area contributed by atoms with Crippen LogP contribution < -0.4 is 0 Å². The molecule has 104 valence electrons. The number of carbonyl (C=O) groups excluding carboxylic acids is 1. The fourth-order valence-electron chi connectivity index (χ4n) is 2.51. The Morgan fingerprint density at radius 2 is 2.00 bits per heavy atom. The largest absolute Gasteiger partial charge is 0.338 e. The zero-order valence-electron chi connectivity index (χ0n) is 10.7. The van der Waals surface area contributed by atoms with Crippen LogP contribution in [0.3, 0.4) is 0 Å². The molecule has 0 bridgehead atoms. The molecule has 1 saturated carbocycles. The minimum atomic E-state index is -1.07. The molecule has 0 heterocycles. The van der Waals surface area contributed by atoms with Crippen molar-refractivity contribution in [3.8, 4) is 0 Å². The number of hydrogen-bond acceptors (Lipinski definition) is 1. The number of carbonyl (C=O) groups is 1. The first-order chi connectivity index (χ1) is 9.02. The molecule has 0 radical (unpaired) electrons. The second kappa shape index (κ2) is 5.99. The van der Waals surface area contributed by atoms with Crippen molar-refractivity contribution in [3.63, 3.8) is 0 Å². The molecule has 19 heavy (non-hydrogen) atoms. The lowest BCUT2D eigenvalue weighted by atomic mass is 9.94. The van der Waals surface area contributed by atoms with Crippen LogP contribution in [-0.2, 0) is 0 Å². The first-order valence-corrected chi connectivity index (χ1v) is 7.29. The number of amides is 1. The maximum absolute atomic E-state index is 13.6. The van der Waals surface area contributed by atoms with Crippen LogP contribution in [0.5, 0.6) is 0 Å². The fourth-order valence-corrected chi connectivity index (χ4v) is 3.45. The van der Waals surface area contributed by atoms with E-state index in [1.165, 1.54) is 17.0 Å². The van der Waals surface area contributed by atoms with E-state index >= 15 is 0 Å². The zero-order valence-corrected chi connectivity index (χ0v) is 12.3. The van der Waals surface area contributed by atoms with Crippen molar-refractivity contribution in [3.05, 3.63) is 35.4 Å². The monoisotopic (exact) mass is 331 g/mol. The summed E-state index contributed by atoms with van der Waals surface area (Å²) in [7, 11) is 1.65. The molecule has 0 aliphatic heterocycles. The Morgan fingerprint density at radius 1 is 1.32 bits per heavy atom. The van der Waals surface area contributed by atoms with Crippen molar-refractivity contribution in [1.29, 1.82) is 0 Å². The third-order valence-corrected chi connectivity index (χ3v) is 4.72. The summed E-state index contributed by atoms with van der Waals surface area (Å²) in [6.45, 7) is 0. The standard InChI is InChI=1S/C14H16BrF2NO/c1-18(12-8-3-2-6-10(12)15)14(19)9-5-4-7-11(16)13(9)17/h4-5,7,10,12H,2-3,6,8H2,1H3. The van der Waals surface area contributed by atoms with Gasteiger partial charge in [-0.25, -0.2) is 8.78 Å². The summed E-state index contributed by atoms with van der Waals surface area (Å²) in [5.41, 5.74) is -0.201. The highest BCUT2D eigenvalue weighted by molar-refractivity contribution is 9.09. The second-order valence-corrected chi connectivity index (χ2v) is 6.06. The van der Waals surface area contributed by atoms with Crippen molar-refractivity contribution in [1.82, 2.24) is 4.90 Å². The molecular weight excluding hydrogens is 316 g/mol. The van der Waals surface area contributed by atoms with Gasteiger partial charge in [-0.2, -0.15) is 0 Å². The van der Waals surface area contributed by atoms with E-state index < -0.39 is 17.5 Å². The van der Waals surface area contributed by atoms with Crippen LogP contribution in [0.2, 0.25) is 0 Å². The van der Waals surface area contributed by atoms with Gasteiger partial charge in [0.15, 0.2) is 11.6 Å². The quantitative estimate of drug-likeness (QED) is 0.756. The van der Waals surface area contributed by atoms with Crippen LogP contribution in [-0.4, -0.2) is 28.7 Å². The van der Waals surface area contributed by atoms with Gasteiger partial charge in [-0.15, -0.1) is 0 Å². The summed E-state index contributed by atoms with van der Waals surface area (Å²) < 4.78 is 26.8. The Kier molecular flexibility index (Phi) is 4.55. The molecule has 2 atom stereocenters. The SMILES string of the molecule is CN(C(=O)c1cccc(F)c1F)C1CCCCC1Br. The van der Waals surface area contributed by atoms with E-state index in [9.17, 15) is 13.6 Å². The van der Waals surface area contributed by atoms with Gasteiger partial charge in [0.2, 0.25) is 0 Å². The van der Waals surface area contributed by atoms with Gasteiger partial charge in [0, 0.05) is 17.9 Å². The van der Waals surface area contributed by atoms with Crippen molar-refractivity contribution in [2.45, 2.75) is 36.6 Å². The summed E-state index contributed by atoms with van der Waals surface area (Å²) in [6.07, 6.45) is 4.06. The Balaban J connectivity index is 2.21. The number of alkyl halides is 1. The molecule has 0 saturated heterocycles. The van der Waals surface area contributed by atoms with Gasteiger partial charge in [0.05, 0.1) is 5.56 Å². The van der Waals surface area contributed by atoms with Crippen molar-refractivity contribution < 1.29 is 13.6 Å². The van der Waals surface area contributed by atoms with Gasteiger partial charge in [0.1, 0.15) is 0 Å². The maximum atomic E-state index is 13.6. The van der Waals surface area contributed by atoms with Crippen LogP contribution in [0.4, 0.5) is 8.78 Å². The predicted molar refractivity (Wildman–Crippen MR) is 73.4 cm³/mol. The minimum Gasteiger partial charge on any atom is -0.338 e. The molecule has 1 aromatic carbocycles. The number of rotatable bonds is 2. The molecule has 2 nitrogen and oxygen atoms in total. The Bertz CT molecular complexity index is 481. The molecular formula is C14H16BrF2NO. The van der Waals surface area contributed by atoms with E-state index in [1.54, 1.807) is 7.05 Å². The van der Waals surface area contributed by atoms with Crippen molar-refractivity contribution in [2.75, 3.05) is 7.05 Å². The molecule has 0 N–H and O–H groups in total. The van der Waals surface area contributed by atoms with Gasteiger partial charge in [-0.05, 0) is 25.0 Å². The summed E-state index contributed by atoms with van der Waals surface area (Å²) in [5.74, 6) is -2.52. The smallest absolute Gasteiger partial charge is 0.256 e. The molecule has 1 aliphatic rings. The molecule has 5 heteroatoms. The highest BCUT2D eigenvalue weighted by atomic mass is 79.9. The Hall–Kier alpha value is -0.970. The highest BCUT2D eigenvalue weighted by Crippen LogP contribution is 2.29. The zero-order chi connectivity index (χ0) is 14.0. The third kappa shape index (κ3) is 2.96. The maximum Gasteiger partial charge on any atom is 0.256 e. The fraction of sp³-hybridized carbons (Fsp3) is 0.500. The predicted octanol–water partition coefficient (Wildman–Crippen LogP) is 3.74. The average Bonchev–Trinajstić information content (AvgIpc) is 2.41. The number of halogens is 3. The lowest BCUT2D eigenvalue weighted by molar-refractivity contribution is 0.0699. The lowest BCUT2D eigenvalue weighted by Crippen LogP contribution is -2.44. The van der Waals surface area contributed by atoms with Crippen molar-refractivity contribution >= 4 is 21.8 Å². The van der Waals surface area contributed by atoms with Crippen LogP contribution in [0.1, 0.15) is 36.0 Å². The van der Waals surface area contributed by atoms with Crippen molar-refractivity contribution in [2.24, 2.45) is 0 Å². The minimum absolute atomic E-state index is 0.0314. The Labute approximate surface area is 119 Å². The van der Waals surface area contributed by atoms with E-state index in [-0.39, 0.29) is 16.4 Å². The number of hydrogen-bond donors (Lipinski definition) is 0. The first-order valence-electron chi connectivity index (χ1n) is 6.37. The van der Waals surface area contributed by atoms with Crippen LogP contribution in [0, 0.1) is 11.6 Å². The lowest BCUT2D eigenvalue weighted by Gasteiger charge is -2.35. The van der Waals surface area contributed by atoms with Crippen LogP contribution >= 0.6 is 15.9 Å². The number of nitrogens with zero attached hydrogens (tertiary/aromatic N) is 1. The van der Waals surface area contributed by atoms with Gasteiger partial charge in [0.25, 0.3) is 5.91 Å². The normalized spacial score (nSPS) is 23.2. The van der Waals surface area contributed by atoms with E-state index in [1.807, 2.05) is 0 Å². The Morgan fingerprint density at radius 3 is 2.68 bits per heavy atom. The van der Waals surface area contributed by atoms with Crippen LogP contribution in [0.25, 0.3) is 0 Å². The van der Waals surface area contributed by atoms with Gasteiger partial charge in [-0.1, -0.05) is 34.8 Å². The molecule has 0 aromatic heterocycles. The second-order valence-electron chi connectivity index (χ2n) is 4.89. The van der Waals surface area contributed by atoms with E-state index in [0.717, 1.165) is 31.7 Å². The van der Waals surface area contributed by atoms with Crippen LogP contribution in [0.15, 0.2) is 18.2 Å². The van der Waals surface area contributed by atoms with Gasteiger partial charge >= 0.3 is 0 Å². The molecule has 1 aliphatic carbocycles.